The van der Waals surface area contributed by atoms with Crippen molar-refractivity contribution in [1.82, 2.24) is 9.97 Å². The van der Waals surface area contributed by atoms with Crippen molar-refractivity contribution >= 4 is 40.8 Å². The molecule has 1 aromatic heterocycles. The molecule has 0 amide bonds. The normalized spacial score (nSPS) is 16.0. The molecule has 31 heavy (non-hydrogen) atoms. The van der Waals surface area contributed by atoms with Crippen LogP contribution in [0.3, 0.4) is 0 Å². The van der Waals surface area contributed by atoms with Crippen LogP contribution >= 0.6 is 34.8 Å². The first-order valence-electron chi connectivity index (χ1n) is 10.6. The van der Waals surface area contributed by atoms with E-state index in [0.29, 0.717) is 39.4 Å². The zero-order chi connectivity index (χ0) is 21.4. The van der Waals surface area contributed by atoms with Gasteiger partial charge in [0.15, 0.2) is 0 Å². The van der Waals surface area contributed by atoms with Gasteiger partial charge in [-0.05, 0) is 67.5 Å². The van der Waals surface area contributed by atoms with Gasteiger partial charge < -0.3 is 9.64 Å². The highest BCUT2D eigenvalue weighted by Crippen LogP contribution is 2.42. The minimum Gasteiger partial charge on any atom is -0.477 e. The summed E-state index contributed by atoms with van der Waals surface area (Å²) in [4.78, 5) is 12.1. The molecule has 1 saturated heterocycles. The topological polar surface area (TPSA) is 38.2 Å². The van der Waals surface area contributed by atoms with E-state index in [9.17, 15) is 0 Å². The lowest BCUT2D eigenvalue weighted by Gasteiger charge is -2.21. The second-order valence-electron chi connectivity index (χ2n) is 8.13. The Balaban J connectivity index is 1.71. The van der Waals surface area contributed by atoms with Crippen molar-refractivity contribution in [2.24, 2.45) is 5.92 Å². The molecular weight excluding hydrogens is 453 g/mol. The lowest BCUT2D eigenvalue weighted by atomic mass is 10.00. The summed E-state index contributed by atoms with van der Waals surface area (Å²) in [5.41, 5.74) is 3.30. The van der Waals surface area contributed by atoms with Gasteiger partial charge in [-0.3, -0.25) is 0 Å². The molecule has 0 unspecified atom stereocenters. The van der Waals surface area contributed by atoms with E-state index in [-0.39, 0.29) is 0 Å². The number of benzene rings is 2. The first-order valence-corrected chi connectivity index (χ1v) is 11.7. The van der Waals surface area contributed by atoms with Crippen LogP contribution in [0.4, 0.5) is 5.95 Å². The van der Waals surface area contributed by atoms with Gasteiger partial charge in [-0.2, -0.15) is 4.98 Å². The summed E-state index contributed by atoms with van der Waals surface area (Å²) in [5.74, 6) is 1.88. The van der Waals surface area contributed by atoms with Gasteiger partial charge in [-0.1, -0.05) is 46.9 Å². The maximum atomic E-state index is 6.63. The molecule has 0 bridgehead atoms. The fraction of sp³-hybridized carbons (Fsp3) is 0.333. The van der Waals surface area contributed by atoms with Crippen LogP contribution in [-0.4, -0.2) is 29.7 Å². The molecule has 0 N–H and O–H groups in total. The smallest absolute Gasteiger partial charge is 0.229 e. The van der Waals surface area contributed by atoms with Crippen molar-refractivity contribution < 1.29 is 4.74 Å². The minimum atomic E-state index is 0.543. The van der Waals surface area contributed by atoms with E-state index in [4.69, 9.17) is 49.5 Å². The molecule has 160 valence electrons. The van der Waals surface area contributed by atoms with Gasteiger partial charge in [0.05, 0.1) is 22.9 Å². The van der Waals surface area contributed by atoms with Crippen LogP contribution in [-0.2, 0) is 0 Å². The van der Waals surface area contributed by atoms with Crippen LogP contribution in [0, 0.1) is 5.92 Å². The number of hydrogen-bond acceptors (Lipinski definition) is 4. The summed E-state index contributed by atoms with van der Waals surface area (Å²) in [5, 5.41) is 1.80. The predicted octanol–water partition coefficient (Wildman–Crippen LogP) is 7.16. The minimum absolute atomic E-state index is 0.543. The Morgan fingerprint density at radius 1 is 0.903 bits per heavy atom. The Kier molecular flexibility index (Phi) is 5.96. The molecule has 1 saturated carbocycles. The number of anilines is 1. The van der Waals surface area contributed by atoms with Crippen LogP contribution in [0.1, 0.15) is 25.7 Å². The quantitative estimate of drug-likeness (QED) is 0.380. The molecule has 3 aromatic rings. The maximum absolute atomic E-state index is 6.63. The molecule has 2 aromatic carbocycles. The SMILES string of the molecule is Clc1ccc(-c2c(OCC3CC3)nc(N3CCCC3)nc2-c2ccc(Cl)cc2Cl)cc1. The summed E-state index contributed by atoms with van der Waals surface area (Å²) in [6.45, 7) is 2.54. The van der Waals surface area contributed by atoms with Crippen LogP contribution in [0.15, 0.2) is 42.5 Å². The van der Waals surface area contributed by atoms with Gasteiger partial charge in [0.1, 0.15) is 0 Å². The number of hydrogen-bond donors (Lipinski definition) is 0. The molecule has 2 aliphatic rings. The molecule has 2 heterocycles. The summed E-state index contributed by atoms with van der Waals surface area (Å²) in [6.07, 6.45) is 4.68. The Hall–Kier alpha value is -2.01. The van der Waals surface area contributed by atoms with Gasteiger partial charge in [-0.15, -0.1) is 0 Å². The Labute approximate surface area is 197 Å². The van der Waals surface area contributed by atoms with Crippen molar-refractivity contribution in [3.63, 3.8) is 0 Å². The van der Waals surface area contributed by atoms with E-state index in [1.54, 1.807) is 6.07 Å². The second-order valence-corrected chi connectivity index (χ2v) is 9.41. The van der Waals surface area contributed by atoms with Crippen molar-refractivity contribution in [3.8, 4) is 28.3 Å². The Morgan fingerprint density at radius 3 is 2.29 bits per heavy atom. The van der Waals surface area contributed by atoms with E-state index in [1.165, 1.54) is 12.8 Å². The molecule has 5 rings (SSSR count). The van der Waals surface area contributed by atoms with Gasteiger partial charge in [-0.25, -0.2) is 4.98 Å². The maximum Gasteiger partial charge on any atom is 0.229 e. The third-order valence-corrected chi connectivity index (χ3v) is 6.52. The summed E-state index contributed by atoms with van der Waals surface area (Å²) in [6, 6.07) is 13.1. The van der Waals surface area contributed by atoms with Crippen molar-refractivity contribution in [3.05, 3.63) is 57.5 Å². The highest BCUT2D eigenvalue weighted by Gasteiger charge is 2.27. The molecule has 1 aliphatic carbocycles. The zero-order valence-corrected chi connectivity index (χ0v) is 19.2. The van der Waals surface area contributed by atoms with E-state index in [0.717, 1.165) is 48.3 Å². The molecule has 4 nitrogen and oxygen atoms in total. The molecule has 7 heteroatoms. The number of aromatic nitrogens is 2. The lowest BCUT2D eigenvalue weighted by Crippen LogP contribution is -2.21. The summed E-state index contributed by atoms with van der Waals surface area (Å²) in [7, 11) is 0. The number of halogens is 3. The van der Waals surface area contributed by atoms with Crippen LogP contribution in [0.2, 0.25) is 15.1 Å². The van der Waals surface area contributed by atoms with Gasteiger partial charge >= 0.3 is 0 Å². The average molecular weight is 475 g/mol. The first kappa shape index (κ1) is 20.9. The van der Waals surface area contributed by atoms with Crippen LogP contribution in [0.5, 0.6) is 5.88 Å². The monoisotopic (exact) mass is 473 g/mol. The van der Waals surface area contributed by atoms with Crippen LogP contribution < -0.4 is 9.64 Å². The third kappa shape index (κ3) is 4.62. The summed E-state index contributed by atoms with van der Waals surface area (Å²) >= 11 is 19.0. The van der Waals surface area contributed by atoms with E-state index >= 15 is 0 Å². The van der Waals surface area contributed by atoms with E-state index in [1.807, 2.05) is 36.4 Å². The first-order chi connectivity index (χ1) is 15.1. The fourth-order valence-corrected chi connectivity index (χ4v) is 4.45. The van der Waals surface area contributed by atoms with Crippen LogP contribution in [0.25, 0.3) is 22.4 Å². The zero-order valence-electron chi connectivity index (χ0n) is 17.0. The van der Waals surface area contributed by atoms with E-state index < -0.39 is 0 Å². The third-order valence-electron chi connectivity index (χ3n) is 5.72. The lowest BCUT2D eigenvalue weighted by molar-refractivity contribution is 0.289. The molecule has 0 atom stereocenters. The molecule has 0 radical (unpaired) electrons. The average Bonchev–Trinajstić information content (AvgIpc) is 3.43. The molecule has 2 fully saturated rings. The number of rotatable bonds is 6. The number of ether oxygens (including phenoxy) is 1. The van der Waals surface area contributed by atoms with Crippen molar-refractivity contribution in [2.45, 2.75) is 25.7 Å². The summed E-state index contributed by atoms with van der Waals surface area (Å²) < 4.78 is 6.29. The second kappa shape index (κ2) is 8.85. The van der Waals surface area contributed by atoms with E-state index in [2.05, 4.69) is 4.90 Å². The molecule has 1 aliphatic heterocycles. The van der Waals surface area contributed by atoms with Gasteiger partial charge in [0, 0.05) is 28.7 Å². The fourth-order valence-electron chi connectivity index (χ4n) is 3.83. The largest absolute Gasteiger partial charge is 0.477 e. The number of nitrogens with zero attached hydrogens (tertiary/aromatic N) is 3. The standard InChI is InChI=1S/C24H22Cl3N3O/c25-17-7-5-16(6-8-17)21-22(19-10-9-18(26)13-20(19)27)28-24(30-11-1-2-12-30)29-23(21)31-14-15-3-4-15/h5-10,13,15H,1-4,11-12,14H2. The van der Waals surface area contributed by atoms with Gasteiger partial charge in [0.25, 0.3) is 0 Å². The highest BCUT2D eigenvalue weighted by atomic mass is 35.5. The van der Waals surface area contributed by atoms with Gasteiger partial charge in [0.2, 0.25) is 11.8 Å². The van der Waals surface area contributed by atoms with Crippen molar-refractivity contribution in [1.29, 1.82) is 0 Å². The van der Waals surface area contributed by atoms with Crippen molar-refractivity contribution in [2.75, 3.05) is 24.6 Å². The molecular formula is C24H22Cl3N3O. The molecule has 0 spiro atoms. The Morgan fingerprint density at radius 2 is 1.61 bits per heavy atom. The Bertz CT molecular complexity index is 1090. The predicted molar refractivity (Wildman–Crippen MR) is 128 cm³/mol. The highest BCUT2D eigenvalue weighted by molar-refractivity contribution is 6.36.